The quantitative estimate of drug-likeness (QED) is 0.787. The lowest BCUT2D eigenvalue weighted by Gasteiger charge is -2.11. The van der Waals surface area contributed by atoms with E-state index in [0.717, 1.165) is 6.42 Å². The zero-order chi connectivity index (χ0) is 16.1. The van der Waals surface area contributed by atoms with Crippen molar-refractivity contribution in [1.29, 1.82) is 0 Å². The number of carbonyl (C=O) groups excluding carboxylic acids is 1. The van der Waals surface area contributed by atoms with Gasteiger partial charge in [0.25, 0.3) is 5.91 Å². The second kappa shape index (κ2) is 7.58. The van der Waals surface area contributed by atoms with Crippen LogP contribution in [0.3, 0.4) is 0 Å². The van der Waals surface area contributed by atoms with Gasteiger partial charge in [-0.2, -0.15) is 0 Å². The van der Waals surface area contributed by atoms with Gasteiger partial charge in [-0.25, -0.2) is 0 Å². The standard InChI is InChI=1S/C16H14Cl2N2OS/c1-2-10-3-5-11(6-4-10)15(21)20-16(22)19-14-8-7-12(17)9-13(14)18/h3-9H,2H2,1H3,(H2,19,20,21,22). The SMILES string of the molecule is CCc1ccc(C(=O)NC(=S)Nc2ccc(Cl)cc2Cl)cc1. The molecule has 2 aromatic rings. The molecule has 114 valence electrons. The average Bonchev–Trinajstić information content (AvgIpc) is 2.50. The first kappa shape index (κ1) is 16.7. The zero-order valence-electron chi connectivity index (χ0n) is 11.8. The normalized spacial score (nSPS) is 10.1. The molecule has 0 aliphatic carbocycles. The van der Waals surface area contributed by atoms with Crippen molar-refractivity contribution in [1.82, 2.24) is 5.32 Å². The maximum atomic E-state index is 12.1. The van der Waals surface area contributed by atoms with Crippen molar-refractivity contribution in [3.05, 3.63) is 63.6 Å². The van der Waals surface area contributed by atoms with Gasteiger partial charge in [-0.15, -0.1) is 0 Å². The van der Waals surface area contributed by atoms with Crippen LogP contribution in [0.1, 0.15) is 22.8 Å². The fraction of sp³-hybridized carbons (Fsp3) is 0.125. The van der Waals surface area contributed by atoms with Gasteiger partial charge in [-0.3, -0.25) is 10.1 Å². The van der Waals surface area contributed by atoms with Crippen LogP contribution in [0.5, 0.6) is 0 Å². The zero-order valence-corrected chi connectivity index (χ0v) is 14.1. The highest BCUT2D eigenvalue weighted by Crippen LogP contribution is 2.25. The van der Waals surface area contributed by atoms with Gasteiger partial charge in [0.1, 0.15) is 0 Å². The van der Waals surface area contributed by atoms with Crippen LogP contribution < -0.4 is 10.6 Å². The Bertz CT molecular complexity index is 702. The summed E-state index contributed by atoms with van der Waals surface area (Å²) in [5, 5.41) is 6.61. The molecule has 0 fully saturated rings. The Morgan fingerprint density at radius 3 is 2.41 bits per heavy atom. The molecule has 0 radical (unpaired) electrons. The minimum Gasteiger partial charge on any atom is -0.331 e. The molecule has 2 aromatic carbocycles. The topological polar surface area (TPSA) is 41.1 Å². The number of amides is 1. The van der Waals surface area contributed by atoms with Crippen LogP contribution in [0.25, 0.3) is 0 Å². The van der Waals surface area contributed by atoms with E-state index in [1.807, 2.05) is 12.1 Å². The number of benzene rings is 2. The summed E-state index contributed by atoms with van der Waals surface area (Å²) >= 11 is 17.0. The minimum absolute atomic E-state index is 0.175. The van der Waals surface area contributed by atoms with E-state index in [4.69, 9.17) is 35.4 Å². The number of carbonyl (C=O) groups is 1. The number of halogens is 2. The van der Waals surface area contributed by atoms with Crippen molar-refractivity contribution in [2.45, 2.75) is 13.3 Å². The van der Waals surface area contributed by atoms with Gasteiger partial charge in [-0.1, -0.05) is 42.3 Å². The van der Waals surface area contributed by atoms with Crippen LogP contribution in [-0.2, 0) is 6.42 Å². The summed E-state index contributed by atoms with van der Waals surface area (Å²) in [5.74, 6) is -0.273. The molecule has 0 unspecified atom stereocenters. The number of aryl methyl sites for hydroxylation is 1. The van der Waals surface area contributed by atoms with Crippen LogP contribution in [0.4, 0.5) is 5.69 Å². The van der Waals surface area contributed by atoms with Crippen LogP contribution >= 0.6 is 35.4 Å². The fourth-order valence-electron chi connectivity index (χ4n) is 1.81. The molecule has 0 heterocycles. The molecule has 6 heteroatoms. The van der Waals surface area contributed by atoms with Gasteiger partial charge in [0, 0.05) is 10.6 Å². The molecular formula is C16H14Cl2N2OS. The molecule has 2 N–H and O–H groups in total. The van der Waals surface area contributed by atoms with E-state index in [-0.39, 0.29) is 11.0 Å². The maximum Gasteiger partial charge on any atom is 0.257 e. The third-order valence-corrected chi connectivity index (χ3v) is 3.78. The summed E-state index contributed by atoms with van der Waals surface area (Å²) in [4.78, 5) is 12.1. The highest BCUT2D eigenvalue weighted by Gasteiger charge is 2.09. The first-order valence-electron chi connectivity index (χ1n) is 6.66. The van der Waals surface area contributed by atoms with E-state index in [1.165, 1.54) is 5.56 Å². The first-order chi connectivity index (χ1) is 10.5. The highest BCUT2D eigenvalue weighted by atomic mass is 35.5. The Hall–Kier alpha value is -1.62. The molecule has 0 bridgehead atoms. The Kier molecular flexibility index (Phi) is 5.77. The van der Waals surface area contributed by atoms with Crippen molar-refractivity contribution in [2.24, 2.45) is 0 Å². The van der Waals surface area contributed by atoms with E-state index < -0.39 is 0 Å². The summed E-state index contributed by atoms with van der Waals surface area (Å²) in [5.41, 5.74) is 2.30. The molecule has 3 nitrogen and oxygen atoms in total. The van der Waals surface area contributed by atoms with Crippen LogP contribution in [0, 0.1) is 0 Å². The largest absolute Gasteiger partial charge is 0.331 e. The van der Waals surface area contributed by atoms with Gasteiger partial charge in [0.05, 0.1) is 10.7 Å². The van der Waals surface area contributed by atoms with Gasteiger partial charge in [0.2, 0.25) is 0 Å². The molecule has 0 atom stereocenters. The second-order valence-corrected chi connectivity index (χ2v) is 5.83. The summed E-state index contributed by atoms with van der Waals surface area (Å²) in [6.07, 6.45) is 0.928. The lowest BCUT2D eigenvalue weighted by Crippen LogP contribution is -2.34. The van der Waals surface area contributed by atoms with Crippen molar-refractivity contribution < 1.29 is 4.79 Å². The first-order valence-corrected chi connectivity index (χ1v) is 7.82. The Balaban J connectivity index is 2.00. The average molecular weight is 353 g/mol. The molecular weight excluding hydrogens is 339 g/mol. The molecule has 22 heavy (non-hydrogen) atoms. The molecule has 1 amide bonds. The summed E-state index contributed by atoms with van der Waals surface area (Å²) < 4.78 is 0. The van der Waals surface area contributed by atoms with Gasteiger partial charge in [-0.05, 0) is 54.5 Å². The monoisotopic (exact) mass is 352 g/mol. The molecule has 0 aliphatic rings. The predicted molar refractivity (Wildman–Crippen MR) is 96.0 cm³/mol. The van der Waals surface area contributed by atoms with Crippen molar-refractivity contribution >= 4 is 52.1 Å². The third kappa shape index (κ3) is 4.44. The highest BCUT2D eigenvalue weighted by molar-refractivity contribution is 7.80. The van der Waals surface area contributed by atoms with E-state index in [2.05, 4.69) is 17.6 Å². The van der Waals surface area contributed by atoms with E-state index in [1.54, 1.807) is 30.3 Å². The molecule has 0 saturated heterocycles. The van der Waals surface area contributed by atoms with Gasteiger partial charge in [0.15, 0.2) is 5.11 Å². The molecule has 2 rings (SSSR count). The van der Waals surface area contributed by atoms with Crippen molar-refractivity contribution in [3.8, 4) is 0 Å². The number of thiocarbonyl (C=S) groups is 1. The van der Waals surface area contributed by atoms with E-state index in [9.17, 15) is 4.79 Å². The lowest BCUT2D eigenvalue weighted by atomic mass is 10.1. The molecule has 0 saturated carbocycles. The molecule has 0 aromatic heterocycles. The van der Waals surface area contributed by atoms with Crippen LogP contribution in [0.15, 0.2) is 42.5 Å². The van der Waals surface area contributed by atoms with Crippen molar-refractivity contribution in [3.63, 3.8) is 0 Å². The number of nitrogens with one attached hydrogen (secondary N) is 2. The van der Waals surface area contributed by atoms with Crippen LogP contribution in [0.2, 0.25) is 10.0 Å². The predicted octanol–water partition coefficient (Wildman–Crippen LogP) is 4.68. The summed E-state index contributed by atoms with van der Waals surface area (Å²) in [6.45, 7) is 2.06. The summed E-state index contributed by atoms with van der Waals surface area (Å²) in [6, 6.07) is 12.4. The number of hydrogen-bond acceptors (Lipinski definition) is 2. The van der Waals surface area contributed by atoms with Crippen molar-refractivity contribution in [2.75, 3.05) is 5.32 Å². The van der Waals surface area contributed by atoms with Gasteiger partial charge < -0.3 is 5.32 Å². The third-order valence-electron chi connectivity index (χ3n) is 3.03. The number of hydrogen-bond donors (Lipinski definition) is 2. The maximum absolute atomic E-state index is 12.1. The van der Waals surface area contributed by atoms with E-state index in [0.29, 0.717) is 21.3 Å². The Morgan fingerprint density at radius 2 is 1.82 bits per heavy atom. The minimum atomic E-state index is -0.273. The molecule has 0 aliphatic heterocycles. The van der Waals surface area contributed by atoms with Crippen LogP contribution in [-0.4, -0.2) is 11.0 Å². The number of rotatable bonds is 3. The second-order valence-electron chi connectivity index (χ2n) is 4.58. The van der Waals surface area contributed by atoms with Gasteiger partial charge >= 0.3 is 0 Å². The van der Waals surface area contributed by atoms with E-state index >= 15 is 0 Å². The fourth-order valence-corrected chi connectivity index (χ4v) is 2.47. The Morgan fingerprint density at radius 1 is 1.14 bits per heavy atom. The Labute approximate surface area is 144 Å². The number of anilines is 1. The smallest absolute Gasteiger partial charge is 0.257 e. The summed E-state index contributed by atoms with van der Waals surface area (Å²) in [7, 11) is 0. The lowest BCUT2D eigenvalue weighted by molar-refractivity contribution is 0.0977. The molecule has 0 spiro atoms.